The van der Waals surface area contributed by atoms with Crippen LogP contribution in [0.2, 0.25) is 18.1 Å². The van der Waals surface area contributed by atoms with Gasteiger partial charge < -0.3 is 4.43 Å². The first kappa shape index (κ1) is 17.5. The molecule has 0 aromatic rings. The van der Waals surface area contributed by atoms with E-state index in [9.17, 15) is 0 Å². The van der Waals surface area contributed by atoms with Crippen molar-refractivity contribution in [2.45, 2.75) is 65.6 Å². The van der Waals surface area contributed by atoms with Crippen LogP contribution in [0.3, 0.4) is 0 Å². The summed E-state index contributed by atoms with van der Waals surface area (Å²) in [6, 6.07) is 0. The van der Waals surface area contributed by atoms with Gasteiger partial charge in [0.25, 0.3) is 0 Å². The molecule has 0 N–H and O–H groups in total. The molecule has 104 valence electrons. The van der Waals surface area contributed by atoms with Crippen LogP contribution in [0, 0.1) is 17.3 Å². The zero-order valence-electron chi connectivity index (χ0n) is 13.3. The standard InChI is InChI=1S/C16H30OSi/c1-9-11-12-13-16(6,10-2)14-17-18(7,8)15(3,4)5/h10H,2,12-14H2,1,3-8H3/t16-/m1/s1. The summed E-state index contributed by atoms with van der Waals surface area (Å²) in [6.45, 7) is 20.2. The van der Waals surface area contributed by atoms with Gasteiger partial charge in [0.1, 0.15) is 0 Å². The predicted octanol–water partition coefficient (Wildman–Crippen LogP) is 5.00. The topological polar surface area (TPSA) is 9.23 Å². The summed E-state index contributed by atoms with van der Waals surface area (Å²) in [6.07, 6.45) is 3.96. The fourth-order valence-electron chi connectivity index (χ4n) is 1.27. The molecule has 0 aromatic heterocycles. The minimum Gasteiger partial charge on any atom is -0.416 e. The van der Waals surface area contributed by atoms with Gasteiger partial charge in [0.15, 0.2) is 8.32 Å². The van der Waals surface area contributed by atoms with Gasteiger partial charge in [0.05, 0.1) is 0 Å². The molecule has 0 aliphatic rings. The molecule has 0 fully saturated rings. The van der Waals surface area contributed by atoms with E-state index in [1.165, 1.54) is 0 Å². The second-order valence-electron chi connectivity index (χ2n) is 6.83. The molecule has 0 saturated carbocycles. The first-order valence-electron chi connectivity index (χ1n) is 6.75. The molecule has 0 aliphatic carbocycles. The van der Waals surface area contributed by atoms with E-state index in [-0.39, 0.29) is 10.5 Å². The highest BCUT2D eigenvalue weighted by atomic mass is 28.4. The normalized spacial score (nSPS) is 15.5. The Morgan fingerprint density at radius 2 is 1.78 bits per heavy atom. The van der Waals surface area contributed by atoms with Crippen LogP contribution in [0.1, 0.15) is 47.5 Å². The van der Waals surface area contributed by atoms with Gasteiger partial charge in [-0.05, 0) is 31.5 Å². The SMILES string of the molecule is C=C[C@](C)(CCC#CC)CO[Si](C)(C)C(C)(C)C. The van der Waals surface area contributed by atoms with Gasteiger partial charge in [-0.25, -0.2) is 0 Å². The maximum absolute atomic E-state index is 6.30. The average Bonchev–Trinajstić information content (AvgIpc) is 2.25. The van der Waals surface area contributed by atoms with Crippen molar-refractivity contribution in [3.05, 3.63) is 12.7 Å². The molecule has 2 heteroatoms. The summed E-state index contributed by atoms with van der Waals surface area (Å²) in [5, 5.41) is 0.262. The van der Waals surface area contributed by atoms with E-state index in [0.29, 0.717) is 0 Å². The zero-order valence-corrected chi connectivity index (χ0v) is 14.3. The summed E-state index contributed by atoms with van der Waals surface area (Å²) >= 11 is 0. The minimum absolute atomic E-state index is 0.0410. The molecule has 0 heterocycles. The van der Waals surface area contributed by atoms with E-state index in [2.05, 4.69) is 59.2 Å². The molecule has 0 spiro atoms. The van der Waals surface area contributed by atoms with E-state index in [0.717, 1.165) is 19.4 Å². The van der Waals surface area contributed by atoms with Gasteiger partial charge in [-0.1, -0.05) is 33.8 Å². The Kier molecular flexibility index (Phi) is 6.40. The lowest BCUT2D eigenvalue weighted by molar-refractivity contribution is 0.181. The van der Waals surface area contributed by atoms with Crippen molar-refractivity contribution >= 4 is 8.32 Å². The van der Waals surface area contributed by atoms with Crippen molar-refractivity contribution in [2.24, 2.45) is 5.41 Å². The van der Waals surface area contributed by atoms with E-state index < -0.39 is 8.32 Å². The molecule has 0 unspecified atom stereocenters. The summed E-state index contributed by atoms with van der Waals surface area (Å²) in [4.78, 5) is 0. The molecule has 0 bridgehead atoms. The highest BCUT2D eigenvalue weighted by Crippen LogP contribution is 2.38. The maximum atomic E-state index is 6.30. The van der Waals surface area contributed by atoms with Crippen LogP contribution in [-0.4, -0.2) is 14.9 Å². The Balaban J connectivity index is 4.54. The van der Waals surface area contributed by atoms with Crippen LogP contribution in [0.25, 0.3) is 0 Å². The molecule has 1 atom stereocenters. The van der Waals surface area contributed by atoms with E-state index >= 15 is 0 Å². The highest BCUT2D eigenvalue weighted by Gasteiger charge is 2.38. The summed E-state index contributed by atoms with van der Waals surface area (Å²) in [5.41, 5.74) is 0.0410. The van der Waals surface area contributed by atoms with Crippen LogP contribution in [0.4, 0.5) is 0 Å². The van der Waals surface area contributed by atoms with Crippen LogP contribution in [-0.2, 0) is 4.43 Å². The van der Waals surface area contributed by atoms with Gasteiger partial charge in [-0.2, -0.15) is 0 Å². The number of rotatable bonds is 6. The van der Waals surface area contributed by atoms with Crippen molar-refractivity contribution < 1.29 is 4.43 Å². The molecular formula is C16H30OSi. The van der Waals surface area contributed by atoms with Gasteiger partial charge in [-0.3, -0.25) is 0 Å². The zero-order chi connectivity index (χ0) is 14.4. The van der Waals surface area contributed by atoms with Gasteiger partial charge >= 0.3 is 0 Å². The lowest BCUT2D eigenvalue weighted by atomic mass is 9.87. The van der Waals surface area contributed by atoms with Crippen LogP contribution in [0.5, 0.6) is 0 Å². The second kappa shape index (κ2) is 6.59. The molecular weight excluding hydrogens is 236 g/mol. The lowest BCUT2D eigenvalue weighted by Gasteiger charge is -2.39. The molecule has 18 heavy (non-hydrogen) atoms. The molecule has 0 amide bonds. The first-order valence-corrected chi connectivity index (χ1v) is 9.66. The Morgan fingerprint density at radius 3 is 2.17 bits per heavy atom. The molecule has 0 saturated heterocycles. The third kappa shape index (κ3) is 5.41. The van der Waals surface area contributed by atoms with Crippen molar-refractivity contribution in [3.8, 4) is 11.8 Å². The fraction of sp³-hybridized carbons (Fsp3) is 0.750. The maximum Gasteiger partial charge on any atom is 0.192 e. The largest absolute Gasteiger partial charge is 0.416 e. The number of hydrogen-bond acceptors (Lipinski definition) is 1. The Morgan fingerprint density at radius 1 is 1.22 bits per heavy atom. The molecule has 0 aliphatic heterocycles. The van der Waals surface area contributed by atoms with Crippen molar-refractivity contribution in [3.63, 3.8) is 0 Å². The Labute approximate surface area is 115 Å². The smallest absolute Gasteiger partial charge is 0.192 e. The highest BCUT2D eigenvalue weighted by molar-refractivity contribution is 6.74. The fourth-order valence-corrected chi connectivity index (χ4v) is 2.39. The quantitative estimate of drug-likeness (QED) is 0.373. The minimum atomic E-state index is -1.66. The Bertz CT molecular complexity index is 327. The van der Waals surface area contributed by atoms with Gasteiger partial charge in [-0.15, -0.1) is 18.4 Å². The molecule has 0 radical (unpaired) electrons. The Hall–Kier alpha value is -0.523. The first-order chi connectivity index (χ1) is 8.08. The summed E-state index contributed by atoms with van der Waals surface area (Å²) in [7, 11) is -1.66. The van der Waals surface area contributed by atoms with E-state index in [4.69, 9.17) is 4.43 Å². The number of hydrogen-bond donors (Lipinski definition) is 0. The van der Waals surface area contributed by atoms with Crippen LogP contribution >= 0.6 is 0 Å². The third-order valence-electron chi connectivity index (χ3n) is 4.06. The van der Waals surface area contributed by atoms with Crippen molar-refractivity contribution in [1.82, 2.24) is 0 Å². The van der Waals surface area contributed by atoms with Crippen molar-refractivity contribution in [1.29, 1.82) is 0 Å². The summed E-state index contributed by atoms with van der Waals surface area (Å²) < 4.78 is 6.30. The molecule has 0 aromatic carbocycles. The molecule has 1 nitrogen and oxygen atoms in total. The predicted molar refractivity (Wildman–Crippen MR) is 84.1 cm³/mol. The van der Waals surface area contributed by atoms with E-state index in [1.54, 1.807) is 0 Å². The van der Waals surface area contributed by atoms with E-state index in [1.807, 2.05) is 13.0 Å². The van der Waals surface area contributed by atoms with Gasteiger partial charge in [0, 0.05) is 18.4 Å². The van der Waals surface area contributed by atoms with Crippen LogP contribution in [0.15, 0.2) is 12.7 Å². The van der Waals surface area contributed by atoms with Crippen LogP contribution < -0.4 is 0 Å². The lowest BCUT2D eigenvalue weighted by Crippen LogP contribution is -2.43. The third-order valence-corrected chi connectivity index (χ3v) is 8.54. The second-order valence-corrected chi connectivity index (χ2v) is 11.6. The van der Waals surface area contributed by atoms with Gasteiger partial charge in [0.2, 0.25) is 0 Å². The average molecular weight is 267 g/mol. The monoisotopic (exact) mass is 266 g/mol. The molecule has 0 rings (SSSR count). The van der Waals surface area contributed by atoms with Crippen molar-refractivity contribution in [2.75, 3.05) is 6.61 Å². The summed E-state index contributed by atoms with van der Waals surface area (Å²) in [5.74, 6) is 6.07.